The van der Waals surface area contributed by atoms with Crippen molar-refractivity contribution in [1.82, 2.24) is 9.78 Å². The molecule has 4 N–H and O–H groups in total. The highest BCUT2D eigenvalue weighted by atomic mass is 32.3. The Hall–Kier alpha value is -3.83. The predicted molar refractivity (Wildman–Crippen MR) is 148 cm³/mol. The number of fused-ring (bicyclic) bond motifs is 1. The second-order valence-corrected chi connectivity index (χ2v) is 14.8. The molecule has 1 aromatic heterocycles. The minimum absolute atomic E-state index is 0.0104. The molecule has 1 heterocycles. The maximum atomic E-state index is 13.1. The maximum absolute atomic E-state index is 13.1. The van der Waals surface area contributed by atoms with Crippen LogP contribution in [-0.4, -0.2) is 69.5 Å². The topological polar surface area (TPSA) is 269 Å². The Morgan fingerprint density at radius 2 is 1.53 bits per heavy atom. The lowest BCUT2D eigenvalue weighted by atomic mass is 10.1. The maximum Gasteiger partial charge on any atom is 0.397 e. The SMILES string of the molecule is Cc1[nH]n(-c2cccc(S(=O)(=O)CCOS(=O)(=O)O)c2)c(=O)c1N=Nc1ccc2cc(S(=O)(=O)O)cc(S(=O)(=O)O)c2c1. The zero-order chi connectivity index (χ0) is 32.0. The molecule has 0 aliphatic rings. The molecule has 0 amide bonds. The highest BCUT2D eigenvalue weighted by molar-refractivity contribution is 7.91. The molecule has 0 aliphatic carbocycles. The van der Waals surface area contributed by atoms with E-state index in [1.165, 1.54) is 37.3 Å². The third kappa shape index (κ3) is 7.40. The van der Waals surface area contributed by atoms with E-state index in [-0.39, 0.29) is 38.4 Å². The van der Waals surface area contributed by atoms with Gasteiger partial charge in [-0.3, -0.25) is 23.6 Å². The van der Waals surface area contributed by atoms with E-state index >= 15 is 0 Å². The van der Waals surface area contributed by atoms with Gasteiger partial charge in [0.15, 0.2) is 15.5 Å². The quantitative estimate of drug-likeness (QED) is 0.139. The molecule has 0 fully saturated rings. The van der Waals surface area contributed by atoms with Gasteiger partial charge in [0.1, 0.15) is 4.90 Å². The van der Waals surface area contributed by atoms with Crippen LogP contribution in [0.25, 0.3) is 16.5 Å². The summed E-state index contributed by atoms with van der Waals surface area (Å²) in [6, 6.07) is 10.3. The fourth-order valence-corrected chi connectivity index (χ4v) is 6.71. The molecule has 0 radical (unpaired) electrons. The first-order valence-electron chi connectivity index (χ1n) is 11.5. The fourth-order valence-electron chi connectivity index (χ4n) is 3.84. The van der Waals surface area contributed by atoms with E-state index in [2.05, 4.69) is 19.5 Å². The van der Waals surface area contributed by atoms with Crippen LogP contribution >= 0.6 is 0 Å². The summed E-state index contributed by atoms with van der Waals surface area (Å²) in [4.78, 5) is 11.2. The van der Waals surface area contributed by atoms with E-state index in [0.717, 1.165) is 22.9 Å². The van der Waals surface area contributed by atoms with Crippen LogP contribution in [0, 0.1) is 6.92 Å². The Kier molecular flexibility index (Phi) is 8.47. The number of hydrogen-bond acceptors (Lipinski definition) is 12. The molecule has 0 atom stereocenters. The number of sulfone groups is 1. The van der Waals surface area contributed by atoms with Crippen molar-refractivity contribution in [2.75, 3.05) is 12.4 Å². The molecule has 21 heteroatoms. The van der Waals surface area contributed by atoms with Crippen LogP contribution in [0.5, 0.6) is 0 Å². The van der Waals surface area contributed by atoms with E-state index < -0.39 is 68.2 Å². The van der Waals surface area contributed by atoms with Gasteiger partial charge in [-0.25, -0.2) is 17.3 Å². The second kappa shape index (κ2) is 11.3. The number of H-pyrrole nitrogens is 1. The fraction of sp³-hybridized carbons (Fsp3) is 0.136. The average Bonchev–Trinajstić information content (AvgIpc) is 3.17. The van der Waals surface area contributed by atoms with Crippen molar-refractivity contribution in [3.63, 3.8) is 0 Å². The van der Waals surface area contributed by atoms with Crippen LogP contribution in [0.2, 0.25) is 0 Å². The first-order valence-corrected chi connectivity index (χ1v) is 17.4. The van der Waals surface area contributed by atoms with Crippen LogP contribution in [0.15, 0.2) is 84.3 Å². The van der Waals surface area contributed by atoms with E-state index in [1.54, 1.807) is 0 Å². The van der Waals surface area contributed by atoms with Gasteiger partial charge in [-0.15, -0.1) is 5.11 Å². The lowest BCUT2D eigenvalue weighted by molar-refractivity contribution is 0.284. The van der Waals surface area contributed by atoms with Crippen LogP contribution in [-0.2, 0) is 44.7 Å². The first kappa shape index (κ1) is 32.1. The number of hydrogen-bond donors (Lipinski definition) is 4. The van der Waals surface area contributed by atoms with Crippen molar-refractivity contribution in [1.29, 1.82) is 0 Å². The highest BCUT2D eigenvalue weighted by Gasteiger charge is 2.22. The molecule has 0 bridgehead atoms. The normalized spacial score (nSPS) is 13.2. The number of rotatable bonds is 10. The Morgan fingerprint density at radius 3 is 2.16 bits per heavy atom. The Morgan fingerprint density at radius 1 is 0.837 bits per heavy atom. The van der Waals surface area contributed by atoms with Gasteiger partial charge in [-0.1, -0.05) is 12.1 Å². The molecule has 3 aromatic carbocycles. The van der Waals surface area contributed by atoms with Crippen LogP contribution in [0.3, 0.4) is 0 Å². The molecule has 0 saturated heterocycles. The zero-order valence-corrected chi connectivity index (χ0v) is 24.8. The number of aromatic amines is 1. The van der Waals surface area contributed by atoms with Gasteiger partial charge in [0, 0.05) is 5.39 Å². The number of nitrogens with zero attached hydrogens (tertiary/aromatic N) is 3. The van der Waals surface area contributed by atoms with E-state index in [4.69, 9.17) is 4.55 Å². The van der Waals surface area contributed by atoms with Crippen molar-refractivity contribution in [3.05, 3.63) is 70.6 Å². The van der Waals surface area contributed by atoms with Gasteiger partial charge < -0.3 is 0 Å². The second-order valence-electron chi connectivity index (χ2n) is 8.77. The lowest BCUT2D eigenvalue weighted by Gasteiger charge is -2.07. The molecule has 0 aliphatic heterocycles. The minimum Gasteiger partial charge on any atom is -0.293 e. The van der Waals surface area contributed by atoms with Gasteiger partial charge >= 0.3 is 10.4 Å². The monoisotopic (exact) mass is 676 g/mol. The van der Waals surface area contributed by atoms with Crippen molar-refractivity contribution in [2.45, 2.75) is 21.6 Å². The molecule has 0 unspecified atom stereocenters. The van der Waals surface area contributed by atoms with E-state index in [9.17, 15) is 47.6 Å². The summed E-state index contributed by atoms with van der Waals surface area (Å²) in [6.07, 6.45) is 0. The molecule has 230 valence electrons. The van der Waals surface area contributed by atoms with Crippen molar-refractivity contribution < 1.29 is 51.5 Å². The lowest BCUT2D eigenvalue weighted by Crippen LogP contribution is -2.17. The predicted octanol–water partition coefficient (Wildman–Crippen LogP) is 2.13. The third-order valence-electron chi connectivity index (χ3n) is 5.77. The van der Waals surface area contributed by atoms with E-state index in [1.807, 2.05) is 0 Å². The van der Waals surface area contributed by atoms with Crippen LogP contribution < -0.4 is 5.56 Å². The van der Waals surface area contributed by atoms with Crippen molar-refractivity contribution in [3.8, 4) is 5.69 Å². The van der Waals surface area contributed by atoms with Crippen LogP contribution in [0.4, 0.5) is 11.4 Å². The Bertz CT molecular complexity index is 2290. The average molecular weight is 677 g/mol. The van der Waals surface area contributed by atoms with Gasteiger partial charge in [-0.05, 0) is 54.8 Å². The standard InChI is InChI=1S/C22H20N4O13S4/c1-13-21(22(27)26(25-13)16-3-2-4-17(11-16)40(28,29)8-7-39-43(36,37)38)24-23-15-6-5-14-9-18(41(30,31)32)12-20(19(14)10-15)42(33,34)35/h2-6,9-12,25H,7-8H2,1H3,(H,30,31,32)(H,33,34,35)(H,36,37,38). The van der Waals surface area contributed by atoms with Gasteiger partial charge in [0.05, 0.1) is 39.2 Å². The number of azo groups is 1. The van der Waals surface area contributed by atoms with Crippen LogP contribution in [0.1, 0.15) is 5.69 Å². The van der Waals surface area contributed by atoms with Gasteiger partial charge in [-0.2, -0.15) is 30.4 Å². The molecular weight excluding hydrogens is 657 g/mol. The first-order chi connectivity index (χ1) is 19.8. The zero-order valence-electron chi connectivity index (χ0n) is 21.5. The number of nitrogens with one attached hydrogen (secondary N) is 1. The molecule has 4 rings (SSSR count). The largest absolute Gasteiger partial charge is 0.397 e. The molecule has 0 saturated carbocycles. The minimum atomic E-state index is -4.96. The summed E-state index contributed by atoms with van der Waals surface area (Å²) in [5, 5.41) is 10.4. The number of benzene rings is 3. The molecular formula is C22H20N4O13S4. The summed E-state index contributed by atoms with van der Waals surface area (Å²) >= 11 is 0. The van der Waals surface area contributed by atoms with E-state index in [0.29, 0.717) is 6.07 Å². The number of aromatic nitrogens is 2. The summed E-state index contributed by atoms with van der Waals surface area (Å²) in [6.45, 7) is 0.618. The smallest absolute Gasteiger partial charge is 0.293 e. The Labute approximate surface area is 243 Å². The summed E-state index contributed by atoms with van der Waals surface area (Å²) in [5.74, 6) is -0.795. The Balaban J connectivity index is 1.69. The highest BCUT2D eigenvalue weighted by Crippen LogP contribution is 2.31. The third-order valence-corrected chi connectivity index (χ3v) is 9.64. The van der Waals surface area contributed by atoms with Gasteiger partial charge in [0.25, 0.3) is 25.8 Å². The summed E-state index contributed by atoms with van der Waals surface area (Å²) in [5.41, 5.74) is -0.733. The van der Waals surface area contributed by atoms with Crippen molar-refractivity contribution in [2.24, 2.45) is 10.2 Å². The molecule has 43 heavy (non-hydrogen) atoms. The van der Waals surface area contributed by atoms with Crippen molar-refractivity contribution >= 4 is 62.6 Å². The number of aryl methyl sites for hydroxylation is 1. The summed E-state index contributed by atoms with van der Waals surface area (Å²) < 4.78 is 126. The van der Waals surface area contributed by atoms with Gasteiger partial charge in [0.2, 0.25) is 0 Å². The molecule has 17 nitrogen and oxygen atoms in total. The molecule has 0 spiro atoms. The summed E-state index contributed by atoms with van der Waals surface area (Å²) in [7, 11) is -18.7. The molecule has 4 aromatic rings.